The summed E-state index contributed by atoms with van der Waals surface area (Å²) in [5.41, 5.74) is 6.94. The SMILES string of the molecule is N=C(N)c1ccc(NC2CC2)c(Cl)c1. The van der Waals surface area contributed by atoms with E-state index in [4.69, 9.17) is 22.7 Å². The van der Waals surface area contributed by atoms with Crippen molar-refractivity contribution >= 4 is 23.1 Å². The molecule has 1 aliphatic carbocycles. The predicted molar refractivity (Wildman–Crippen MR) is 59.1 cm³/mol. The number of hydrogen-bond acceptors (Lipinski definition) is 2. The van der Waals surface area contributed by atoms with Crippen LogP contribution >= 0.6 is 11.6 Å². The average Bonchev–Trinajstić information content (AvgIpc) is 2.92. The van der Waals surface area contributed by atoms with Crippen molar-refractivity contribution in [1.82, 2.24) is 0 Å². The summed E-state index contributed by atoms with van der Waals surface area (Å²) >= 11 is 6.03. The van der Waals surface area contributed by atoms with Crippen molar-refractivity contribution in [2.45, 2.75) is 18.9 Å². The van der Waals surface area contributed by atoms with Crippen LogP contribution in [0, 0.1) is 5.41 Å². The largest absolute Gasteiger partial charge is 0.384 e. The third-order valence-corrected chi connectivity index (χ3v) is 2.53. The molecule has 74 valence electrons. The van der Waals surface area contributed by atoms with Crippen molar-refractivity contribution in [1.29, 1.82) is 5.41 Å². The van der Waals surface area contributed by atoms with Crippen LogP contribution in [0.25, 0.3) is 0 Å². The molecule has 0 spiro atoms. The molecule has 0 atom stereocenters. The van der Waals surface area contributed by atoms with Crippen LogP contribution < -0.4 is 11.1 Å². The maximum Gasteiger partial charge on any atom is 0.122 e. The highest BCUT2D eigenvalue weighted by Crippen LogP contribution is 2.29. The fourth-order valence-corrected chi connectivity index (χ4v) is 1.48. The monoisotopic (exact) mass is 209 g/mol. The molecule has 2 rings (SSSR count). The average molecular weight is 210 g/mol. The van der Waals surface area contributed by atoms with Crippen molar-refractivity contribution in [2.24, 2.45) is 5.73 Å². The Kier molecular flexibility index (Phi) is 2.33. The molecule has 0 aromatic heterocycles. The zero-order chi connectivity index (χ0) is 10.1. The van der Waals surface area contributed by atoms with Gasteiger partial charge in [0.25, 0.3) is 0 Å². The fourth-order valence-electron chi connectivity index (χ4n) is 1.25. The molecule has 0 unspecified atom stereocenters. The minimum Gasteiger partial charge on any atom is -0.384 e. The van der Waals surface area contributed by atoms with Gasteiger partial charge in [-0.25, -0.2) is 0 Å². The second-order valence-corrected chi connectivity index (χ2v) is 3.93. The molecule has 4 heteroatoms. The number of nitrogen functional groups attached to an aromatic ring is 1. The molecule has 4 N–H and O–H groups in total. The number of benzene rings is 1. The number of hydrogen-bond donors (Lipinski definition) is 3. The Labute approximate surface area is 87.8 Å². The summed E-state index contributed by atoms with van der Waals surface area (Å²) in [6.45, 7) is 0. The molecule has 0 aliphatic heterocycles. The highest BCUT2D eigenvalue weighted by molar-refractivity contribution is 6.33. The summed E-state index contributed by atoms with van der Waals surface area (Å²) in [6.07, 6.45) is 2.43. The van der Waals surface area contributed by atoms with Crippen LogP contribution in [0.15, 0.2) is 18.2 Å². The lowest BCUT2D eigenvalue weighted by molar-refractivity contribution is 1.16. The van der Waals surface area contributed by atoms with Crippen LogP contribution in [0.2, 0.25) is 5.02 Å². The first-order valence-electron chi connectivity index (χ1n) is 4.57. The number of rotatable bonds is 3. The molecule has 1 aromatic carbocycles. The van der Waals surface area contributed by atoms with Gasteiger partial charge in [0, 0.05) is 11.6 Å². The van der Waals surface area contributed by atoms with E-state index in [1.807, 2.05) is 6.07 Å². The van der Waals surface area contributed by atoms with Crippen LogP contribution in [0.4, 0.5) is 5.69 Å². The molecule has 3 nitrogen and oxygen atoms in total. The van der Waals surface area contributed by atoms with Crippen LogP contribution in [0.5, 0.6) is 0 Å². The zero-order valence-electron chi connectivity index (χ0n) is 7.68. The number of nitrogens with one attached hydrogen (secondary N) is 2. The first-order chi connectivity index (χ1) is 6.66. The van der Waals surface area contributed by atoms with Crippen molar-refractivity contribution in [2.75, 3.05) is 5.32 Å². The van der Waals surface area contributed by atoms with Gasteiger partial charge < -0.3 is 11.1 Å². The van der Waals surface area contributed by atoms with Gasteiger partial charge in [0.15, 0.2) is 0 Å². The predicted octanol–water partition coefficient (Wildman–Crippen LogP) is 2.20. The molecule has 0 amide bonds. The van der Waals surface area contributed by atoms with E-state index >= 15 is 0 Å². The van der Waals surface area contributed by atoms with Crippen LogP contribution in [0.3, 0.4) is 0 Å². The Bertz CT molecular complexity index is 372. The molecule has 1 fully saturated rings. The molecular weight excluding hydrogens is 198 g/mol. The quantitative estimate of drug-likeness (QED) is 0.528. The summed E-state index contributed by atoms with van der Waals surface area (Å²) in [5.74, 6) is 0.0462. The van der Waals surface area contributed by atoms with E-state index in [0.717, 1.165) is 5.69 Å². The minimum absolute atomic E-state index is 0.0462. The van der Waals surface area contributed by atoms with Gasteiger partial charge in [-0.3, -0.25) is 5.41 Å². The lowest BCUT2D eigenvalue weighted by Gasteiger charge is -2.08. The molecule has 14 heavy (non-hydrogen) atoms. The highest BCUT2D eigenvalue weighted by Gasteiger charge is 2.21. The lowest BCUT2D eigenvalue weighted by atomic mass is 10.2. The minimum atomic E-state index is 0.0462. The number of nitrogens with two attached hydrogens (primary N) is 1. The van der Waals surface area contributed by atoms with Gasteiger partial charge in [0.1, 0.15) is 5.84 Å². The molecule has 1 saturated carbocycles. The van der Waals surface area contributed by atoms with Crippen molar-refractivity contribution in [3.63, 3.8) is 0 Å². The van der Waals surface area contributed by atoms with Crippen LogP contribution in [-0.2, 0) is 0 Å². The van der Waals surface area contributed by atoms with Gasteiger partial charge in [0.05, 0.1) is 10.7 Å². The lowest BCUT2D eigenvalue weighted by Crippen LogP contribution is -2.11. The Morgan fingerprint density at radius 2 is 2.21 bits per heavy atom. The van der Waals surface area contributed by atoms with E-state index in [0.29, 0.717) is 16.6 Å². The standard InChI is InChI=1S/C10H12ClN3/c11-8-5-6(10(12)13)1-4-9(8)14-7-2-3-7/h1,4-5,7,14H,2-3H2,(H3,12,13). The molecule has 1 aromatic rings. The maximum atomic E-state index is 7.26. The second kappa shape index (κ2) is 3.50. The molecule has 1 aliphatic rings. The first kappa shape index (κ1) is 9.34. The van der Waals surface area contributed by atoms with Crippen molar-refractivity contribution in [3.05, 3.63) is 28.8 Å². The molecule has 0 saturated heterocycles. The molecular formula is C10H12ClN3. The summed E-state index contributed by atoms with van der Waals surface area (Å²) in [7, 11) is 0. The summed E-state index contributed by atoms with van der Waals surface area (Å²) in [5, 5.41) is 11.2. The summed E-state index contributed by atoms with van der Waals surface area (Å²) in [4.78, 5) is 0. The summed E-state index contributed by atoms with van der Waals surface area (Å²) in [6, 6.07) is 5.97. The topological polar surface area (TPSA) is 61.9 Å². The third-order valence-electron chi connectivity index (χ3n) is 2.22. The van der Waals surface area contributed by atoms with E-state index in [2.05, 4.69) is 5.32 Å². The molecule has 0 radical (unpaired) electrons. The van der Waals surface area contributed by atoms with E-state index in [-0.39, 0.29) is 5.84 Å². The van der Waals surface area contributed by atoms with Gasteiger partial charge in [-0.05, 0) is 31.0 Å². The fraction of sp³-hybridized carbons (Fsp3) is 0.300. The number of anilines is 1. The van der Waals surface area contributed by atoms with Crippen molar-refractivity contribution < 1.29 is 0 Å². The number of amidine groups is 1. The highest BCUT2D eigenvalue weighted by atomic mass is 35.5. The third kappa shape index (κ3) is 1.99. The second-order valence-electron chi connectivity index (χ2n) is 3.53. The van der Waals surface area contributed by atoms with E-state index in [1.165, 1.54) is 12.8 Å². The Balaban J connectivity index is 2.21. The Hall–Kier alpha value is -1.22. The maximum absolute atomic E-state index is 7.26. The van der Waals surface area contributed by atoms with E-state index in [1.54, 1.807) is 12.1 Å². The summed E-state index contributed by atoms with van der Waals surface area (Å²) < 4.78 is 0. The van der Waals surface area contributed by atoms with Crippen LogP contribution in [-0.4, -0.2) is 11.9 Å². The first-order valence-corrected chi connectivity index (χ1v) is 4.95. The molecule has 0 bridgehead atoms. The van der Waals surface area contributed by atoms with E-state index in [9.17, 15) is 0 Å². The Morgan fingerprint density at radius 3 is 2.71 bits per heavy atom. The number of halogens is 1. The van der Waals surface area contributed by atoms with Gasteiger partial charge in [0.2, 0.25) is 0 Å². The van der Waals surface area contributed by atoms with Crippen molar-refractivity contribution in [3.8, 4) is 0 Å². The smallest absolute Gasteiger partial charge is 0.122 e. The normalized spacial score (nSPS) is 15.2. The van der Waals surface area contributed by atoms with Gasteiger partial charge in [-0.15, -0.1) is 0 Å². The van der Waals surface area contributed by atoms with Crippen LogP contribution in [0.1, 0.15) is 18.4 Å². The van der Waals surface area contributed by atoms with Gasteiger partial charge in [-0.2, -0.15) is 0 Å². The molecule has 0 heterocycles. The van der Waals surface area contributed by atoms with Gasteiger partial charge in [-0.1, -0.05) is 11.6 Å². The van der Waals surface area contributed by atoms with E-state index < -0.39 is 0 Å². The van der Waals surface area contributed by atoms with Gasteiger partial charge >= 0.3 is 0 Å². The Morgan fingerprint density at radius 1 is 1.50 bits per heavy atom. The zero-order valence-corrected chi connectivity index (χ0v) is 8.43.